The summed E-state index contributed by atoms with van der Waals surface area (Å²) in [6.07, 6.45) is -3.54. The molecular weight excluding hydrogens is 487 g/mol. The van der Waals surface area contributed by atoms with Gasteiger partial charge in [0.1, 0.15) is 28.9 Å². The Bertz CT molecular complexity index is 1310. The first-order valence-corrected chi connectivity index (χ1v) is 10.4. The van der Waals surface area contributed by atoms with Gasteiger partial charge < -0.3 is 20.4 Å². The van der Waals surface area contributed by atoms with Gasteiger partial charge in [0, 0.05) is 36.6 Å². The number of ether oxygens (including phenoxy) is 1. The molecule has 7 nitrogen and oxygen atoms in total. The molecule has 0 spiro atoms. The molecule has 2 aromatic carbocycles. The summed E-state index contributed by atoms with van der Waals surface area (Å²) in [6, 6.07) is 6.76. The highest BCUT2D eigenvalue weighted by molar-refractivity contribution is 6.05. The van der Waals surface area contributed by atoms with Crippen LogP contribution < -0.4 is 15.4 Å². The van der Waals surface area contributed by atoms with Gasteiger partial charge >= 0.3 is 12.1 Å². The van der Waals surface area contributed by atoms with Crippen LogP contribution in [0, 0.1) is 23.5 Å². The molecule has 0 saturated carbocycles. The molecule has 0 aliphatic carbocycles. The highest BCUT2D eigenvalue weighted by Gasteiger charge is 2.33. The normalized spacial score (nSPS) is 10.8. The van der Waals surface area contributed by atoms with E-state index in [1.54, 1.807) is 0 Å². The minimum absolute atomic E-state index is 0.0684. The first-order valence-electron chi connectivity index (χ1n) is 10.4. The lowest BCUT2D eigenvalue weighted by atomic mass is 10.1. The van der Waals surface area contributed by atoms with Crippen LogP contribution in [0.2, 0.25) is 0 Å². The number of hydrogen-bond acceptors (Lipinski definition) is 4. The number of aromatic amines is 1. The van der Waals surface area contributed by atoms with E-state index in [-0.39, 0.29) is 40.9 Å². The molecule has 0 atom stereocenters. The van der Waals surface area contributed by atoms with Gasteiger partial charge in [-0.3, -0.25) is 9.59 Å². The molecule has 0 bridgehead atoms. The number of carbonyl (C=O) groups excluding carboxylic acids is 2. The molecule has 3 aromatic rings. The van der Waals surface area contributed by atoms with Crippen LogP contribution in [0.4, 0.5) is 27.6 Å². The number of halogens is 5. The Morgan fingerprint density at radius 2 is 1.83 bits per heavy atom. The number of nitrogens with zero attached hydrogens (tertiary/aromatic N) is 1. The highest BCUT2D eigenvalue weighted by Crippen LogP contribution is 2.33. The van der Waals surface area contributed by atoms with Crippen molar-refractivity contribution < 1.29 is 36.3 Å². The van der Waals surface area contributed by atoms with E-state index < -0.39 is 29.4 Å². The second kappa shape index (κ2) is 11.4. The number of aromatic nitrogens is 2. The predicted octanol–water partition coefficient (Wildman–Crippen LogP) is 4.27. The SMILES string of the molecule is CC(=O)NCCCOc1ccc(-c2ncc(C(F)(F)F)[nH]2)cc1NC(=O)C#Cc1cc(F)cc(F)c1. The topological polar surface area (TPSA) is 96.1 Å². The van der Waals surface area contributed by atoms with Gasteiger partial charge in [-0.1, -0.05) is 5.92 Å². The van der Waals surface area contributed by atoms with E-state index in [2.05, 4.69) is 32.4 Å². The summed E-state index contributed by atoms with van der Waals surface area (Å²) in [7, 11) is 0. The van der Waals surface area contributed by atoms with Gasteiger partial charge in [0.25, 0.3) is 0 Å². The van der Waals surface area contributed by atoms with Crippen molar-refractivity contribution in [3.63, 3.8) is 0 Å². The summed E-state index contributed by atoms with van der Waals surface area (Å²) in [4.78, 5) is 29.2. The smallest absolute Gasteiger partial charge is 0.432 e. The van der Waals surface area contributed by atoms with E-state index in [4.69, 9.17) is 4.74 Å². The van der Waals surface area contributed by atoms with E-state index in [1.165, 1.54) is 25.1 Å². The Kier molecular flexibility index (Phi) is 8.26. The fourth-order valence-electron chi connectivity index (χ4n) is 2.94. The van der Waals surface area contributed by atoms with Gasteiger partial charge in [-0.05, 0) is 36.8 Å². The number of H-pyrrole nitrogens is 1. The van der Waals surface area contributed by atoms with Crippen molar-refractivity contribution in [1.29, 1.82) is 0 Å². The van der Waals surface area contributed by atoms with Gasteiger partial charge in [-0.2, -0.15) is 13.2 Å². The van der Waals surface area contributed by atoms with Crippen LogP contribution in [0.25, 0.3) is 11.4 Å². The average molecular weight is 506 g/mol. The third kappa shape index (κ3) is 7.56. The molecule has 1 heterocycles. The standard InChI is InChI=1S/C24H19F5N4O3/c1-14(34)30-7-2-8-36-20-5-4-16(23-31-13-21(33-23)24(27,28)29)11-19(20)32-22(35)6-3-15-9-17(25)12-18(26)10-15/h4-5,9-13H,2,7-8H2,1H3,(H,30,34)(H,31,33)(H,32,35). The van der Waals surface area contributed by atoms with E-state index in [1.807, 2.05) is 0 Å². The van der Waals surface area contributed by atoms with Crippen LogP contribution in [-0.2, 0) is 15.8 Å². The molecule has 0 radical (unpaired) electrons. The van der Waals surface area contributed by atoms with E-state index in [0.717, 1.165) is 12.1 Å². The first kappa shape index (κ1) is 26.2. The highest BCUT2D eigenvalue weighted by atomic mass is 19.4. The van der Waals surface area contributed by atoms with Crippen molar-refractivity contribution in [2.45, 2.75) is 19.5 Å². The van der Waals surface area contributed by atoms with Gasteiger partial charge in [-0.25, -0.2) is 13.8 Å². The lowest BCUT2D eigenvalue weighted by molar-refractivity contribution is -0.140. The number of amides is 2. The summed E-state index contributed by atoms with van der Waals surface area (Å²) in [5, 5.41) is 5.06. The number of benzene rings is 2. The maximum absolute atomic E-state index is 13.3. The van der Waals surface area contributed by atoms with Gasteiger partial charge in [0.05, 0.1) is 18.5 Å². The number of imidazole rings is 1. The van der Waals surface area contributed by atoms with Crippen molar-refractivity contribution in [1.82, 2.24) is 15.3 Å². The van der Waals surface area contributed by atoms with Crippen molar-refractivity contribution in [3.05, 3.63) is 65.5 Å². The van der Waals surface area contributed by atoms with Crippen molar-refractivity contribution in [2.75, 3.05) is 18.5 Å². The minimum atomic E-state index is -4.62. The summed E-state index contributed by atoms with van der Waals surface area (Å²) in [5.74, 6) is 1.81. The van der Waals surface area contributed by atoms with E-state index >= 15 is 0 Å². The Morgan fingerprint density at radius 1 is 1.11 bits per heavy atom. The number of rotatable bonds is 7. The largest absolute Gasteiger partial charge is 0.491 e. The van der Waals surface area contributed by atoms with Gasteiger partial charge in [0.15, 0.2) is 0 Å². The Morgan fingerprint density at radius 3 is 2.47 bits per heavy atom. The number of carbonyl (C=O) groups is 2. The van der Waals surface area contributed by atoms with Crippen molar-refractivity contribution in [3.8, 4) is 29.0 Å². The molecule has 2 amide bonds. The molecule has 3 N–H and O–H groups in total. The fourth-order valence-corrected chi connectivity index (χ4v) is 2.94. The Hall–Kier alpha value is -4.40. The number of nitrogens with one attached hydrogen (secondary N) is 3. The van der Waals surface area contributed by atoms with Gasteiger partial charge in [-0.15, -0.1) is 0 Å². The molecule has 0 unspecified atom stereocenters. The second-order valence-corrected chi connectivity index (χ2v) is 7.40. The van der Waals surface area contributed by atoms with Crippen molar-refractivity contribution >= 4 is 17.5 Å². The predicted molar refractivity (Wildman–Crippen MR) is 120 cm³/mol. The molecular formula is C24H19F5N4O3. The third-order valence-electron chi connectivity index (χ3n) is 4.52. The lowest BCUT2D eigenvalue weighted by Gasteiger charge is -2.13. The van der Waals surface area contributed by atoms with Gasteiger partial charge in [0.2, 0.25) is 5.91 Å². The van der Waals surface area contributed by atoms with E-state index in [0.29, 0.717) is 25.2 Å². The summed E-state index contributed by atoms with van der Waals surface area (Å²) >= 11 is 0. The van der Waals surface area contributed by atoms with Crippen molar-refractivity contribution in [2.24, 2.45) is 0 Å². The third-order valence-corrected chi connectivity index (χ3v) is 4.52. The lowest BCUT2D eigenvalue weighted by Crippen LogP contribution is -2.22. The quantitative estimate of drug-likeness (QED) is 0.253. The van der Waals surface area contributed by atoms with Crippen LogP contribution in [-0.4, -0.2) is 34.9 Å². The molecule has 0 fully saturated rings. The zero-order chi connectivity index (χ0) is 26.3. The van der Waals surface area contributed by atoms with Crippen LogP contribution in [0.5, 0.6) is 5.75 Å². The van der Waals surface area contributed by atoms with E-state index in [9.17, 15) is 31.5 Å². The fraction of sp³-hybridized carbons (Fsp3) is 0.208. The Labute approximate surface area is 202 Å². The molecule has 12 heteroatoms. The number of hydrogen-bond donors (Lipinski definition) is 3. The zero-order valence-electron chi connectivity index (χ0n) is 18.7. The first-order chi connectivity index (χ1) is 17.0. The zero-order valence-corrected chi connectivity index (χ0v) is 18.7. The van der Waals surface area contributed by atoms with Crippen LogP contribution in [0.15, 0.2) is 42.6 Å². The molecule has 0 saturated heterocycles. The molecule has 1 aromatic heterocycles. The molecule has 36 heavy (non-hydrogen) atoms. The summed E-state index contributed by atoms with van der Waals surface area (Å²) in [5.41, 5.74) is -0.830. The molecule has 0 aliphatic rings. The Balaban J connectivity index is 1.83. The molecule has 0 aliphatic heterocycles. The van der Waals surface area contributed by atoms with Crippen LogP contribution >= 0.6 is 0 Å². The van der Waals surface area contributed by atoms with Crippen LogP contribution in [0.1, 0.15) is 24.6 Å². The molecule has 3 rings (SSSR count). The van der Waals surface area contributed by atoms with Crippen LogP contribution in [0.3, 0.4) is 0 Å². The minimum Gasteiger partial charge on any atom is -0.491 e. The second-order valence-electron chi connectivity index (χ2n) is 7.40. The monoisotopic (exact) mass is 506 g/mol. The maximum atomic E-state index is 13.3. The summed E-state index contributed by atoms with van der Waals surface area (Å²) < 4.78 is 71.1. The molecule has 188 valence electrons. The number of anilines is 1. The number of alkyl halides is 3. The average Bonchev–Trinajstić information content (AvgIpc) is 3.28. The maximum Gasteiger partial charge on any atom is 0.432 e. The summed E-state index contributed by atoms with van der Waals surface area (Å²) in [6.45, 7) is 1.86.